The van der Waals surface area contributed by atoms with Crippen molar-refractivity contribution in [2.75, 3.05) is 13.1 Å². The van der Waals surface area contributed by atoms with Gasteiger partial charge in [-0.3, -0.25) is 0 Å². The van der Waals surface area contributed by atoms with E-state index < -0.39 is 10.0 Å². The molecule has 0 aromatic carbocycles. The molecule has 94 valence electrons. The standard InChI is InChI=1S/C10H14ClN3O2S/c1-10(2)3-4-14(7-10)17(15,16)8-5-12-9(11)13-6-8/h5-6H,3-4,7H2,1-2H3. The Labute approximate surface area is 106 Å². The third kappa shape index (κ3) is 2.59. The van der Waals surface area contributed by atoms with Crippen LogP contribution in [-0.4, -0.2) is 35.8 Å². The van der Waals surface area contributed by atoms with Crippen molar-refractivity contribution in [3.05, 3.63) is 17.7 Å². The first-order valence-corrected chi connectivity index (χ1v) is 7.11. The lowest BCUT2D eigenvalue weighted by Crippen LogP contribution is -2.30. The quantitative estimate of drug-likeness (QED) is 0.768. The molecule has 0 N–H and O–H groups in total. The average molecular weight is 276 g/mol. The van der Waals surface area contributed by atoms with Crippen LogP contribution < -0.4 is 0 Å². The smallest absolute Gasteiger partial charge is 0.225 e. The third-order valence-electron chi connectivity index (χ3n) is 2.88. The van der Waals surface area contributed by atoms with Crippen LogP contribution in [-0.2, 0) is 10.0 Å². The van der Waals surface area contributed by atoms with E-state index in [4.69, 9.17) is 11.6 Å². The highest BCUT2D eigenvalue weighted by Crippen LogP contribution is 2.32. The zero-order chi connectivity index (χ0) is 12.7. The van der Waals surface area contributed by atoms with E-state index in [1.807, 2.05) is 0 Å². The second kappa shape index (κ2) is 4.19. The fraction of sp³-hybridized carbons (Fsp3) is 0.600. The van der Waals surface area contributed by atoms with Gasteiger partial charge >= 0.3 is 0 Å². The van der Waals surface area contributed by atoms with Crippen LogP contribution in [0.4, 0.5) is 0 Å². The van der Waals surface area contributed by atoms with Crippen molar-refractivity contribution in [1.82, 2.24) is 14.3 Å². The number of nitrogens with zero attached hydrogens (tertiary/aromatic N) is 3. The fourth-order valence-electron chi connectivity index (χ4n) is 1.85. The van der Waals surface area contributed by atoms with Gasteiger partial charge in [-0.15, -0.1) is 0 Å². The van der Waals surface area contributed by atoms with Crippen molar-refractivity contribution in [3.63, 3.8) is 0 Å². The molecule has 0 radical (unpaired) electrons. The average Bonchev–Trinajstić information content (AvgIpc) is 2.60. The van der Waals surface area contributed by atoms with Crippen molar-refractivity contribution in [3.8, 4) is 0 Å². The molecule has 1 aliphatic heterocycles. The molecule has 0 saturated carbocycles. The summed E-state index contributed by atoms with van der Waals surface area (Å²) in [6, 6.07) is 0. The van der Waals surface area contributed by atoms with Crippen LogP contribution in [0.25, 0.3) is 0 Å². The minimum atomic E-state index is -3.48. The Morgan fingerprint density at radius 2 is 1.94 bits per heavy atom. The first kappa shape index (κ1) is 12.7. The van der Waals surface area contributed by atoms with Gasteiger partial charge in [0.15, 0.2) is 0 Å². The zero-order valence-electron chi connectivity index (χ0n) is 9.72. The summed E-state index contributed by atoms with van der Waals surface area (Å²) in [6.07, 6.45) is 3.35. The molecular formula is C10H14ClN3O2S. The number of rotatable bonds is 2. The summed E-state index contributed by atoms with van der Waals surface area (Å²) in [4.78, 5) is 7.50. The molecule has 17 heavy (non-hydrogen) atoms. The summed E-state index contributed by atoms with van der Waals surface area (Å²) < 4.78 is 25.9. The van der Waals surface area contributed by atoms with Crippen LogP contribution in [0.5, 0.6) is 0 Å². The lowest BCUT2D eigenvalue weighted by molar-refractivity contribution is 0.375. The van der Waals surface area contributed by atoms with E-state index in [2.05, 4.69) is 23.8 Å². The normalized spacial score (nSPS) is 20.6. The molecule has 0 amide bonds. The summed E-state index contributed by atoms with van der Waals surface area (Å²) in [7, 11) is -3.48. The van der Waals surface area contributed by atoms with Crippen molar-refractivity contribution in [2.24, 2.45) is 5.41 Å². The van der Waals surface area contributed by atoms with Gasteiger partial charge in [0.25, 0.3) is 0 Å². The van der Waals surface area contributed by atoms with Crippen LogP contribution in [0.3, 0.4) is 0 Å². The summed E-state index contributed by atoms with van der Waals surface area (Å²) in [5.41, 5.74) is 0.0281. The SMILES string of the molecule is CC1(C)CCN(S(=O)(=O)c2cnc(Cl)nc2)C1. The molecular weight excluding hydrogens is 262 g/mol. The van der Waals surface area contributed by atoms with Gasteiger partial charge in [-0.1, -0.05) is 13.8 Å². The molecule has 0 spiro atoms. The van der Waals surface area contributed by atoms with Gasteiger partial charge in [0.2, 0.25) is 15.3 Å². The maximum atomic E-state index is 12.2. The molecule has 1 aromatic heterocycles. The van der Waals surface area contributed by atoms with Gasteiger partial charge in [0.1, 0.15) is 4.90 Å². The molecule has 1 aromatic rings. The van der Waals surface area contributed by atoms with E-state index in [9.17, 15) is 8.42 Å². The largest absolute Gasteiger partial charge is 0.246 e. The summed E-state index contributed by atoms with van der Waals surface area (Å²) in [6.45, 7) is 5.18. The van der Waals surface area contributed by atoms with Crippen LogP contribution in [0, 0.1) is 5.41 Å². The van der Waals surface area contributed by atoms with Gasteiger partial charge < -0.3 is 0 Å². The number of hydrogen-bond donors (Lipinski definition) is 0. The zero-order valence-corrected chi connectivity index (χ0v) is 11.3. The number of hydrogen-bond acceptors (Lipinski definition) is 4. The molecule has 7 heteroatoms. The highest BCUT2D eigenvalue weighted by Gasteiger charge is 2.37. The predicted octanol–water partition coefficient (Wildman–Crippen LogP) is 1.55. The fourth-order valence-corrected chi connectivity index (χ4v) is 3.47. The molecule has 0 aliphatic carbocycles. The van der Waals surface area contributed by atoms with Crippen molar-refractivity contribution >= 4 is 21.6 Å². The Bertz CT molecular complexity index is 513. The first-order valence-electron chi connectivity index (χ1n) is 5.29. The Kier molecular flexibility index (Phi) is 3.14. The molecule has 0 atom stereocenters. The van der Waals surface area contributed by atoms with E-state index in [0.29, 0.717) is 13.1 Å². The van der Waals surface area contributed by atoms with E-state index >= 15 is 0 Å². The van der Waals surface area contributed by atoms with Crippen LogP contribution in [0.15, 0.2) is 17.3 Å². The third-order valence-corrected chi connectivity index (χ3v) is 4.87. The van der Waals surface area contributed by atoms with Crippen LogP contribution in [0.2, 0.25) is 5.28 Å². The molecule has 0 unspecified atom stereocenters. The van der Waals surface area contributed by atoms with Gasteiger partial charge in [0, 0.05) is 13.1 Å². The molecule has 5 nitrogen and oxygen atoms in total. The van der Waals surface area contributed by atoms with E-state index in [1.54, 1.807) is 0 Å². The van der Waals surface area contributed by atoms with Crippen molar-refractivity contribution in [2.45, 2.75) is 25.2 Å². The van der Waals surface area contributed by atoms with Crippen LogP contribution in [0.1, 0.15) is 20.3 Å². The predicted molar refractivity (Wildman–Crippen MR) is 64.2 cm³/mol. The lowest BCUT2D eigenvalue weighted by atomic mass is 9.93. The van der Waals surface area contributed by atoms with Gasteiger partial charge in [-0.05, 0) is 23.4 Å². The number of sulfonamides is 1. The summed E-state index contributed by atoms with van der Waals surface area (Å²) in [5.74, 6) is 0. The maximum absolute atomic E-state index is 12.2. The van der Waals surface area contributed by atoms with E-state index in [-0.39, 0.29) is 15.6 Å². The molecule has 1 fully saturated rings. The highest BCUT2D eigenvalue weighted by atomic mass is 35.5. The Balaban J connectivity index is 2.29. The van der Waals surface area contributed by atoms with E-state index in [1.165, 1.54) is 16.7 Å². The Morgan fingerprint density at radius 3 is 2.41 bits per heavy atom. The maximum Gasteiger partial charge on any atom is 0.246 e. The second-order valence-corrected chi connectivity index (χ2v) is 7.22. The van der Waals surface area contributed by atoms with Crippen LogP contribution >= 0.6 is 11.6 Å². The Morgan fingerprint density at radius 1 is 1.35 bits per heavy atom. The Hall–Kier alpha value is -0.720. The lowest BCUT2D eigenvalue weighted by Gasteiger charge is -2.19. The summed E-state index contributed by atoms with van der Waals surface area (Å²) in [5, 5.41) is 0.0469. The molecule has 2 heterocycles. The van der Waals surface area contributed by atoms with Crippen molar-refractivity contribution < 1.29 is 8.42 Å². The molecule has 0 bridgehead atoms. The topological polar surface area (TPSA) is 63.2 Å². The molecule has 2 rings (SSSR count). The van der Waals surface area contributed by atoms with Crippen molar-refractivity contribution in [1.29, 1.82) is 0 Å². The second-order valence-electron chi connectivity index (χ2n) is 4.94. The summed E-state index contributed by atoms with van der Waals surface area (Å²) >= 11 is 5.54. The number of halogens is 1. The molecule has 1 saturated heterocycles. The first-order chi connectivity index (χ1) is 7.81. The number of aromatic nitrogens is 2. The van der Waals surface area contributed by atoms with Gasteiger partial charge in [0.05, 0.1) is 12.4 Å². The van der Waals surface area contributed by atoms with Gasteiger partial charge in [-0.2, -0.15) is 4.31 Å². The van der Waals surface area contributed by atoms with Gasteiger partial charge in [-0.25, -0.2) is 18.4 Å². The highest BCUT2D eigenvalue weighted by molar-refractivity contribution is 7.89. The monoisotopic (exact) mass is 275 g/mol. The van der Waals surface area contributed by atoms with E-state index in [0.717, 1.165) is 6.42 Å². The minimum absolute atomic E-state index is 0.0281. The molecule has 1 aliphatic rings. The minimum Gasteiger partial charge on any atom is -0.225 e.